The Kier molecular flexibility index (Phi) is 4.63. The number of ether oxygens (including phenoxy) is 2. The molecule has 4 rings (SSSR count). The molecule has 0 radical (unpaired) electrons. The van der Waals surface area contributed by atoms with E-state index in [0.29, 0.717) is 0 Å². The number of aromatic nitrogens is 1. The summed E-state index contributed by atoms with van der Waals surface area (Å²) < 4.78 is 11.0. The number of hydrogen-bond acceptors (Lipinski definition) is 5. The first-order valence-electron chi connectivity index (χ1n) is 8.89. The number of morpholine rings is 1. The summed E-state index contributed by atoms with van der Waals surface area (Å²) in [6, 6.07) is 16.5. The first-order chi connectivity index (χ1) is 12.8. The summed E-state index contributed by atoms with van der Waals surface area (Å²) in [6.45, 7) is 5.35. The Morgan fingerprint density at radius 1 is 1.04 bits per heavy atom. The highest BCUT2D eigenvalue weighted by Crippen LogP contribution is 2.34. The van der Waals surface area contributed by atoms with Crippen LogP contribution in [0.2, 0.25) is 0 Å². The van der Waals surface area contributed by atoms with Crippen molar-refractivity contribution in [1.82, 2.24) is 4.98 Å². The number of anilines is 3. The minimum atomic E-state index is 0.767. The molecule has 1 aliphatic rings. The molecule has 3 aromatic rings. The van der Waals surface area contributed by atoms with Crippen LogP contribution in [0, 0.1) is 6.92 Å². The Morgan fingerprint density at radius 3 is 2.65 bits per heavy atom. The Morgan fingerprint density at radius 2 is 1.85 bits per heavy atom. The van der Waals surface area contributed by atoms with Crippen LogP contribution in [0.4, 0.5) is 17.1 Å². The monoisotopic (exact) mass is 349 g/mol. The van der Waals surface area contributed by atoms with Gasteiger partial charge in [0.25, 0.3) is 0 Å². The molecule has 5 heteroatoms. The van der Waals surface area contributed by atoms with Crippen molar-refractivity contribution < 1.29 is 9.47 Å². The van der Waals surface area contributed by atoms with E-state index in [4.69, 9.17) is 9.47 Å². The van der Waals surface area contributed by atoms with Crippen molar-refractivity contribution in [3.63, 3.8) is 0 Å². The third-order valence-electron chi connectivity index (χ3n) is 4.68. The van der Waals surface area contributed by atoms with Crippen LogP contribution in [-0.2, 0) is 4.74 Å². The van der Waals surface area contributed by atoms with Crippen LogP contribution in [0.5, 0.6) is 5.75 Å². The fourth-order valence-electron chi connectivity index (χ4n) is 3.42. The number of fused-ring (bicyclic) bond motifs is 1. The number of para-hydroxylation sites is 3. The molecule has 1 saturated heterocycles. The van der Waals surface area contributed by atoms with Gasteiger partial charge < -0.3 is 19.7 Å². The normalized spacial score (nSPS) is 14.5. The number of rotatable bonds is 4. The van der Waals surface area contributed by atoms with E-state index in [1.165, 1.54) is 5.69 Å². The van der Waals surface area contributed by atoms with Gasteiger partial charge in [0.15, 0.2) is 0 Å². The zero-order valence-electron chi connectivity index (χ0n) is 15.2. The van der Waals surface area contributed by atoms with Crippen LogP contribution < -0.4 is 15.0 Å². The van der Waals surface area contributed by atoms with Gasteiger partial charge in [-0.05, 0) is 31.2 Å². The lowest BCUT2D eigenvalue weighted by Crippen LogP contribution is -2.36. The van der Waals surface area contributed by atoms with E-state index < -0.39 is 0 Å². The Hall–Kier alpha value is -2.79. The molecule has 0 aliphatic carbocycles. The van der Waals surface area contributed by atoms with Gasteiger partial charge in [-0.15, -0.1) is 0 Å². The Bertz CT molecular complexity index is 920. The molecular formula is C21H23N3O2. The van der Waals surface area contributed by atoms with Crippen LogP contribution in [0.3, 0.4) is 0 Å². The summed E-state index contributed by atoms with van der Waals surface area (Å²) in [7, 11) is 1.68. The number of methoxy groups -OCH3 is 1. The molecule has 0 atom stereocenters. The minimum Gasteiger partial charge on any atom is -0.494 e. The quantitative estimate of drug-likeness (QED) is 0.767. The number of nitrogens with one attached hydrogen (secondary N) is 1. The van der Waals surface area contributed by atoms with Gasteiger partial charge >= 0.3 is 0 Å². The first kappa shape index (κ1) is 16.7. The largest absolute Gasteiger partial charge is 0.494 e. The molecular weight excluding hydrogens is 326 g/mol. The van der Waals surface area contributed by atoms with Gasteiger partial charge in [0.2, 0.25) is 0 Å². The number of aryl methyl sites for hydroxylation is 1. The van der Waals surface area contributed by atoms with E-state index in [1.54, 1.807) is 7.11 Å². The standard InChI is InChI=1S/C21H23N3O2/c1-15-14-18(16-6-5-9-20(25-2)21(16)22-15)23-17-7-3-4-8-19(17)24-10-12-26-13-11-24/h3-9,14H,10-13H2,1-2H3,(H,22,23). The van der Waals surface area contributed by atoms with Gasteiger partial charge in [-0.25, -0.2) is 4.98 Å². The van der Waals surface area contributed by atoms with E-state index in [-0.39, 0.29) is 0 Å². The zero-order valence-corrected chi connectivity index (χ0v) is 15.2. The summed E-state index contributed by atoms with van der Waals surface area (Å²) in [4.78, 5) is 7.03. The molecule has 134 valence electrons. The zero-order chi connectivity index (χ0) is 17.9. The van der Waals surface area contributed by atoms with Crippen molar-refractivity contribution in [2.45, 2.75) is 6.92 Å². The van der Waals surface area contributed by atoms with E-state index in [1.807, 2.05) is 19.1 Å². The average Bonchev–Trinajstić information content (AvgIpc) is 2.68. The average molecular weight is 349 g/mol. The van der Waals surface area contributed by atoms with Crippen molar-refractivity contribution in [1.29, 1.82) is 0 Å². The third kappa shape index (κ3) is 3.18. The minimum absolute atomic E-state index is 0.767. The molecule has 1 fully saturated rings. The van der Waals surface area contributed by atoms with Crippen LogP contribution in [0.25, 0.3) is 10.9 Å². The summed E-state index contributed by atoms with van der Waals surface area (Å²) in [5.74, 6) is 0.788. The predicted molar refractivity (Wildman–Crippen MR) is 106 cm³/mol. The summed E-state index contributed by atoms with van der Waals surface area (Å²) in [5.41, 5.74) is 5.15. The van der Waals surface area contributed by atoms with Crippen molar-refractivity contribution in [3.8, 4) is 5.75 Å². The SMILES string of the molecule is COc1cccc2c(Nc3ccccc3N3CCOCC3)cc(C)nc12. The van der Waals surface area contributed by atoms with Crippen LogP contribution >= 0.6 is 0 Å². The molecule has 2 aromatic carbocycles. The molecule has 26 heavy (non-hydrogen) atoms. The van der Waals surface area contributed by atoms with Crippen molar-refractivity contribution >= 4 is 28.0 Å². The van der Waals surface area contributed by atoms with Crippen molar-refractivity contribution in [3.05, 3.63) is 54.2 Å². The molecule has 5 nitrogen and oxygen atoms in total. The van der Waals surface area contributed by atoms with Crippen molar-refractivity contribution in [2.75, 3.05) is 43.6 Å². The number of hydrogen-bond donors (Lipinski definition) is 1. The highest BCUT2D eigenvalue weighted by molar-refractivity contribution is 5.97. The van der Waals surface area contributed by atoms with Gasteiger partial charge in [0.05, 0.1) is 31.7 Å². The lowest BCUT2D eigenvalue weighted by atomic mass is 10.1. The number of benzene rings is 2. The van der Waals surface area contributed by atoms with Gasteiger partial charge in [-0.3, -0.25) is 0 Å². The first-order valence-corrected chi connectivity index (χ1v) is 8.89. The second-order valence-electron chi connectivity index (χ2n) is 6.41. The smallest absolute Gasteiger partial charge is 0.145 e. The molecule has 1 N–H and O–H groups in total. The van der Waals surface area contributed by atoms with Gasteiger partial charge in [0.1, 0.15) is 11.3 Å². The fourth-order valence-corrected chi connectivity index (χ4v) is 3.42. The van der Waals surface area contributed by atoms with E-state index in [9.17, 15) is 0 Å². The van der Waals surface area contributed by atoms with Crippen LogP contribution in [0.15, 0.2) is 48.5 Å². The van der Waals surface area contributed by atoms with E-state index in [0.717, 1.165) is 60.0 Å². The maximum atomic E-state index is 5.49. The van der Waals surface area contributed by atoms with Crippen molar-refractivity contribution in [2.24, 2.45) is 0 Å². The number of pyridine rings is 1. The fraction of sp³-hybridized carbons (Fsp3) is 0.286. The Balaban J connectivity index is 1.76. The molecule has 0 saturated carbocycles. The van der Waals surface area contributed by atoms with Gasteiger partial charge in [-0.2, -0.15) is 0 Å². The summed E-state index contributed by atoms with van der Waals surface area (Å²) in [6.07, 6.45) is 0. The predicted octanol–water partition coefficient (Wildman–Crippen LogP) is 4.13. The summed E-state index contributed by atoms with van der Waals surface area (Å²) >= 11 is 0. The lowest BCUT2D eigenvalue weighted by molar-refractivity contribution is 0.123. The van der Waals surface area contributed by atoms with E-state index >= 15 is 0 Å². The maximum Gasteiger partial charge on any atom is 0.145 e. The Labute approximate surface area is 153 Å². The highest BCUT2D eigenvalue weighted by Gasteiger charge is 2.16. The molecule has 0 spiro atoms. The molecule has 1 aliphatic heterocycles. The maximum absolute atomic E-state index is 5.49. The lowest BCUT2D eigenvalue weighted by Gasteiger charge is -2.30. The molecule has 0 amide bonds. The topological polar surface area (TPSA) is 46.6 Å². The van der Waals surface area contributed by atoms with E-state index in [2.05, 4.69) is 51.6 Å². The molecule has 2 heterocycles. The van der Waals surface area contributed by atoms with Gasteiger partial charge in [-0.1, -0.05) is 24.3 Å². The second-order valence-corrected chi connectivity index (χ2v) is 6.41. The highest BCUT2D eigenvalue weighted by atomic mass is 16.5. The molecule has 1 aromatic heterocycles. The van der Waals surface area contributed by atoms with Crippen LogP contribution in [-0.4, -0.2) is 38.4 Å². The second kappa shape index (κ2) is 7.22. The molecule has 0 unspecified atom stereocenters. The third-order valence-corrected chi connectivity index (χ3v) is 4.68. The van der Waals surface area contributed by atoms with Gasteiger partial charge in [0, 0.05) is 29.9 Å². The molecule has 0 bridgehead atoms. The van der Waals surface area contributed by atoms with Crippen LogP contribution in [0.1, 0.15) is 5.69 Å². The number of nitrogens with zero attached hydrogens (tertiary/aromatic N) is 2. The summed E-state index contributed by atoms with van der Waals surface area (Å²) in [5, 5.41) is 4.67.